The van der Waals surface area contributed by atoms with Gasteiger partial charge >= 0.3 is 5.97 Å². The smallest absolute Gasteiger partial charge is 0.338 e. The molecule has 2 atom stereocenters. The molecule has 0 aliphatic heterocycles. The molecule has 1 aromatic rings. The fourth-order valence-corrected chi connectivity index (χ4v) is 5.01. The second-order valence-corrected chi connectivity index (χ2v) is 8.96. The van der Waals surface area contributed by atoms with E-state index in [1.54, 1.807) is 24.3 Å². The van der Waals surface area contributed by atoms with Gasteiger partial charge in [0.05, 0.1) is 17.1 Å². The number of rotatable bonds is 12. The lowest BCUT2D eigenvalue weighted by molar-refractivity contribution is 0.0391. The minimum atomic E-state index is -1.06. The molecule has 0 amide bonds. The van der Waals surface area contributed by atoms with Gasteiger partial charge in [0.25, 0.3) is 0 Å². The van der Waals surface area contributed by atoms with Gasteiger partial charge in [-0.05, 0) is 25.0 Å². The van der Waals surface area contributed by atoms with Gasteiger partial charge in [0, 0.05) is 33.1 Å². The minimum absolute atomic E-state index is 0.260. The molecular weight excluding hydrogens is 344 g/mol. The normalized spacial score (nSPS) is 13.6. The van der Waals surface area contributed by atoms with E-state index in [0.29, 0.717) is 17.1 Å². The summed E-state index contributed by atoms with van der Waals surface area (Å²) >= 11 is 0. The molecule has 0 spiro atoms. The van der Waals surface area contributed by atoms with E-state index in [-0.39, 0.29) is 11.5 Å². The van der Waals surface area contributed by atoms with Gasteiger partial charge in [-0.1, -0.05) is 44.9 Å². The fourth-order valence-electron chi connectivity index (χ4n) is 2.10. The van der Waals surface area contributed by atoms with Crippen molar-refractivity contribution >= 4 is 27.6 Å². The summed E-state index contributed by atoms with van der Waals surface area (Å²) in [6.45, 7) is 4.09. The summed E-state index contributed by atoms with van der Waals surface area (Å²) in [5, 5.41) is 0. The molecule has 24 heavy (non-hydrogen) atoms. The van der Waals surface area contributed by atoms with E-state index in [1.165, 1.54) is 0 Å². The van der Waals surface area contributed by atoms with E-state index in [2.05, 4.69) is 0 Å². The summed E-state index contributed by atoms with van der Waals surface area (Å²) in [4.78, 5) is 12.2. The zero-order chi connectivity index (χ0) is 17.8. The number of ether oxygens (including phenoxy) is 1. The Bertz CT molecular complexity index is 509. The Morgan fingerprint density at radius 3 is 1.92 bits per heavy atom. The first-order chi connectivity index (χ1) is 11.6. The van der Waals surface area contributed by atoms with Crippen LogP contribution in [0.5, 0.6) is 0 Å². The molecule has 0 aliphatic carbocycles. The van der Waals surface area contributed by atoms with E-state index >= 15 is 0 Å². The molecule has 0 heterocycles. The summed E-state index contributed by atoms with van der Waals surface area (Å²) in [7, 11) is -2.11. The van der Waals surface area contributed by atoms with Crippen molar-refractivity contribution in [1.29, 1.82) is 0 Å². The number of esters is 1. The second kappa shape index (κ2) is 12.4. The van der Waals surface area contributed by atoms with Crippen molar-refractivity contribution in [3.8, 4) is 0 Å². The first-order valence-electron chi connectivity index (χ1n) is 8.52. The van der Waals surface area contributed by atoms with Crippen molar-refractivity contribution in [2.75, 3.05) is 23.0 Å². The van der Waals surface area contributed by atoms with Crippen molar-refractivity contribution in [3.63, 3.8) is 0 Å². The Labute approximate surface area is 150 Å². The molecule has 0 fully saturated rings. The number of carbonyl (C=O) groups excluding carboxylic acids is 1. The van der Waals surface area contributed by atoms with Crippen molar-refractivity contribution in [3.05, 3.63) is 35.9 Å². The number of hydrogen-bond donors (Lipinski definition) is 0. The molecule has 0 aliphatic rings. The highest BCUT2D eigenvalue weighted by Crippen LogP contribution is 2.08. The highest BCUT2D eigenvalue weighted by Gasteiger charge is 2.21. The maximum atomic E-state index is 12.2. The van der Waals surface area contributed by atoms with Crippen LogP contribution in [-0.4, -0.2) is 43.5 Å². The molecule has 0 saturated heterocycles. The first kappa shape index (κ1) is 21.0. The van der Waals surface area contributed by atoms with Gasteiger partial charge in [-0.25, -0.2) is 4.79 Å². The first-order valence-corrected chi connectivity index (χ1v) is 11.5. The summed E-state index contributed by atoms with van der Waals surface area (Å²) in [5.74, 6) is 1.27. The third-order valence-electron chi connectivity index (χ3n) is 3.48. The van der Waals surface area contributed by atoms with E-state index in [0.717, 1.165) is 25.7 Å². The van der Waals surface area contributed by atoms with Crippen LogP contribution in [0.3, 0.4) is 0 Å². The van der Waals surface area contributed by atoms with E-state index in [1.807, 2.05) is 19.9 Å². The Kier molecular flexibility index (Phi) is 10.8. The quantitative estimate of drug-likeness (QED) is 0.528. The Hall–Kier alpha value is -1.01. The van der Waals surface area contributed by atoms with Crippen LogP contribution in [0.1, 0.15) is 49.9 Å². The minimum Gasteiger partial charge on any atom is -0.457 e. The maximum absolute atomic E-state index is 12.2. The summed E-state index contributed by atoms with van der Waals surface area (Å²) in [5.41, 5.74) is 0.459. The molecule has 0 N–H and O–H groups in total. The second-order valence-electron chi connectivity index (χ2n) is 5.72. The highest BCUT2D eigenvalue weighted by molar-refractivity contribution is 7.86. The maximum Gasteiger partial charge on any atom is 0.338 e. The molecule has 1 rings (SSSR count). The third kappa shape index (κ3) is 8.73. The van der Waals surface area contributed by atoms with Gasteiger partial charge in [-0.15, -0.1) is 0 Å². The Morgan fingerprint density at radius 2 is 1.46 bits per heavy atom. The molecule has 0 radical (unpaired) electrons. The number of carbonyl (C=O) groups is 1. The average Bonchev–Trinajstić information content (AvgIpc) is 2.58. The molecule has 6 heteroatoms. The highest BCUT2D eigenvalue weighted by atomic mass is 32.2. The van der Waals surface area contributed by atoms with Crippen molar-refractivity contribution in [2.45, 2.75) is 45.6 Å². The van der Waals surface area contributed by atoms with Gasteiger partial charge in [0.2, 0.25) is 0 Å². The molecule has 0 saturated carbocycles. The zero-order valence-electron chi connectivity index (χ0n) is 14.6. The Balaban J connectivity index is 2.66. The number of unbranched alkanes of at least 4 members (excludes halogenated alkanes) is 2. The zero-order valence-corrected chi connectivity index (χ0v) is 16.2. The van der Waals surface area contributed by atoms with Gasteiger partial charge in [-0.2, -0.15) is 0 Å². The summed E-state index contributed by atoms with van der Waals surface area (Å²) in [6.07, 6.45) is 3.15. The van der Waals surface area contributed by atoms with Crippen LogP contribution in [0, 0.1) is 0 Å². The van der Waals surface area contributed by atoms with Crippen LogP contribution < -0.4 is 0 Å². The van der Waals surface area contributed by atoms with E-state index in [4.69, 9.17) is 4.74 Å². The monoisotopic (exact) mass is 372 g/mol. The van der Waals surface area contributed by atoms with Crippen LogP contribution >= 0.6 is 0 Å². The molecule has 4 nitrogen and oxygen atoms in total. The number of benzene rings is 1. The van der Waals surface area contributed by atoms with Crippen LogP contribution in [0.4, 0.5) is 0 Å². The molecular formula is C18H28O4S2. The lowest BCUT2D eigenvalue weighted by Gasteiger charge is -2.17. The predicted octanol–water partition coefficient (Wildman–Crippen LogP) is 3.31. The topological polar surface area (TPSA) is 60.4 Å². The van der Waals surface area contributed by atoms with Crippen LogP contribution in [0.2, 0.25) is 0 Å². The molecule has 0 bridgehead atoms. The van der Waals surface area contributed by atoms with Crippen molar-refractivity contribution in [1.82, 2.24) is 0 Å². The van der Waals surface area contributed by atoms with E-state index in [9.17, 15) is 13.2 Å². The SMILES string of the molecule is CCCC[S@@](=O)CC(C[S@](=O)CCCC)OC(=O)c1ccccc1. The number of hydrogen-bond acceptors (Lipinski definition) is 4. The van der Waals surface area contributed by atoms with Crippen LogP contribution in [0.25, 0.3) is 0 Å². The van der Waals surface area contributed by atoms with Gasteiger partial charge in [0.15, 0.2) is 0 Å². The van der Waals surface area contributed by atoms with Gasteiger partial charge < -0.3 is 4.74 Å². The molecule has 0 unspecified atom stereocenters. The lowest BCUT2D eigenvalue weighted by atomic mass is 10.2. The summed E-state index contributed by atoms with van der Waals surface area (Å²) in [6, 6.07) is 8.73. The standard InChI is InChI=1S/C18H28O4S2/c1-3-5-12-23(20)14-17(15-24(21)13-6-4-2)22-18(19)16-10-8-7-9-11-16/h7-11,17H,3-6,12-15H2,1-2H3/t23-,24-/m1/s1. The fraction of sp³-hybridized carbons (Fsp3) is 0.611. The summed E-state index contributed by atoms with van der Waals surface area (Å²) < 4.78 is 29.8. The lowest BCUT2D eigenvalue weighted by Crippen LogP contribution is -2.31. The van der Waals surface area contributed by atoms with Crippen LogP contribution in [-0.2, 0) is 26.3 Å². The van der Waals surface area contributed by atoms with E-state index < -0.39 is 33.7 Å². The largest absolute Gasteiger partial charge is 0.457 e. The molecule has 0 aromatic heterocycles. The third-order valence-corrected chi connectivity index (χ3v) is 6.45. The van der Waals surface area contributed by atoms with Crippen molar-refractivity contribution < 1.29 is 17.9 Å². The molecule has 136 valence electrons. The Morgan fingerprint density at radius 1 is 0.958 bits per heavy atom. The van der Waals surface area contributed by atoms with Crippen LogP contribution in [0.15, 0.2) is 30.3 Å². The average molecular weight is 373 g/mol. The van der Waals surface area contributed by atoms with Crippen molar-refractivity contribution in [2.24, 2.45) is 0 Å². The van der Waals surface area contributed by atoms with Gasteiger partial charge in [-0.3, -0.25) is 8.42 Å². The molecule has 1 aromatic carbocycles. The van der Waals surface area contributed by atoms with Gasteiger partial charge in [0.1, 0.15) is 6.10 Å². The predicted molar refractivity (Wildman–Crippen MR) is 101 cm³/mol.